The van der Waals surface area contributed by atoms with Crippen molar-refractivity contribution < 1.29 is 4.74 Å². The first kappa shape index (κ1) is 13.7. The van der Waals surface area contributed by atoms with Gasteiger partial charge in [-0.05, 0) is 51.0 Å². The Morgan fingerprint density at radius 1 is 1.40 bits per heavy atom. The fourth-order valence-electron chi connectivity index (χ4n) is 2.24. The maximum absolute atomic E-state index is 5.17. The van der Waals surface area contributed by atoms with E-state index in [1.54, 1.807) is 13.3 Å². The Morgan fingerprint density at radius 2 is 2.20 bits per heavy atom. The molecule has 3 rings (SSSR count). The van der Waals surface area contributed by atoms with Crippen LogP contribution in [0.2, 0.25) is 0 Å². The van der Waals surface area contributed by atoms with Crippen molar-refractivity contribution in [3.63, 3.8) is 0 Å². The summed E-state index contributed by atoms with van der Waals surface area (Å²) < 4.78 is 7.77. The molecule has 2 aromatic rings. The summed E-state index contributed by atoms with van der Waals surface area (Å²) in [5, 5.41) is 13.2. The van der Waals surface area contributed by atoms with Gasteiger partial charge in [0.15, 0.2) is 5.16 Å². The monoisotopic (exact) mass is 356 g/mol. The maximum Gasteiger partial charge on any atom is 0.231 e. The van der Waals surface area contributed by atoms with Crippen molar-refractivity contribution in [2.45, 2.75) is 42.0 Å². The summed E-state index contributed by atoms with van der Waals surface area (Å²) in [4.78, 5) is 8.55. The van der Waals surface area contributed by atoms with Crippen molar-refractivity contribution in [1.82, 2.24) is 30.2 Å². The summed E-state index contributed by atoms with van der Waals surface area (Å²) in [6.07, 6.45) is 6.39. The lowest BCUT2D eigenvalue weighted by Crippen LogP contribution is -2.08. The van der Waals surface area contributed by atoms with Gasteiger partial charge in [-0.15, -0.1) is 5.10 Å². The third kappa shape index (κ3) is 2.78. The van der Waals surface area contributed by atoms with E-state index in [0.29, 0.717) is 17.1 Å². The number of halogens is 1. The Kier molecular flexibility index (Phi) is 4.16. The molecule has 2 heterocycles. The van der Waals surface area contributed by atoms with Crippen LogP contribution in [0.1, 0.15) is 31.7 Å². The second-order valence-corrected chi connectivity index (χ2v) is 6.24. The summed E-state index contributed by atoms with van der Waals surface area (Å²) in [6.45, 7) is 0. The highest BCUT2D eigenvalue weighted by Gasteiger charge is 2.22. The molecule has 0 atom stereocenters. The van der Waals surface area contributed by atoms with Crippen molar-refractivity contribution in [3.05, 3.63) is 10.7 Å². The summed E-state index contributed by atoms with van der Waals surface area (Å²) in [5.74, 6) is 0.502. The molecule has 0 bridgehead atoms. The van der Waals surface area contributed by atoms with Gasteiger partial charge in [-0.25, -0.2) is 9.67 Å². The van der Waals surface area contributed by atoms with E-state index < -0.39 is 0 Å². The molecule has 7 nitrogen and oxygen atoms in total. The van der Waals surface area contributed by atoms with Crippen LogP contribution in [0.25, 0.3) is 0 Å². The number of hydrogen-bond acceptors (Lipinski definition) is 7. The Labute approximate surface area is 128 Å². The molecular weight excluding hydrogens is 344 g/mol. The number of methoxy groups -OCH3 is 1. The second-order valence-electron chi connectivity index (χ2n) is 4.46. The number of ether oxygens (including phenoxy) is 1. The molecule has 0 unspecified atom stereocenters. The first-order valence-corrected chi connectivity index (χ1v) is 7.91. The Bertz CT molecular complexity index is 600. The van der Waals surface area contributed by atoms with Crippen LogP contribution in [0, 0.1) is 0 Å². The van der Waals surface area contributed by atoms with Crippen molar-refractivity contribution in [2.24, 2.45) is 0 Å². The van der Waals surface area contributed by atoms with Crippen LogP contribution in [0.15, 0.2) is 21.0 Å². The van der Waals surface area contributed by atoms with Crippen LogP contribution >= 0.6 is 27.7 Å². The third-order valence-corrected chi connectivity index (χ3v) is 4.57. The highest BCUT2D eigenvalue weighted by molar-refractivity contribution is 9.10. The summed E-state index contributed by atoms with van der Waals surface area (Å²) in [6, 6.07) is 0.393. The molecule has 1 aliphatic rings. The van der Waals surface area contributed by atoms with Crippen LogP contribution in [0.3, 0.4) is 0 Å². The number of tetrazole rings is 1. The molecule has 0 aliphatic heterocycles. The maximum atomic E-state index is 5.17. The van der Waals surface area contributed by atoms with E-state index in [2.05, 4.69) is 41.4 Å². The normalized spacial score (nSPS) is 15.7. The summed E-state index contributed by atoms with van der Waals surface area (Å²) >= 11 is 4.68. The molecule has 1 aliphatic carbocycles. The molecule has 0 radical (unpaired) electrons. The smallest absolute Gasteiger partial charge is 0.231 e. The average molecular weight is 357 g/mol. The molecule has 9 heteroatoms. The molecular formula is C11H13BrN6OS. The second kappa shape index (κ2) is 6.04. The van der Waals surface area contributed by atoms with E-state index in [4.69, 9.17) is 4.74 Å². The number of hydrogen-bond donors (Lipinski definition) is 0. The van der Waals surface area contributed by atoms with Crippen molar-refractivity contribution in [2.75, 3.05) is 7.11 Å². The van der Waals surface area contributed by atoms with Gasteiger partial charge in [0, 0.05) is 6.20 Å². The standard InChI is InChI=1S/C11H13BrN6OS/c1-19-9-8(12)6-13-10(14-9)20-11-15-16-17-18(11)7-4-2-3-5-7/h6-7H,2-5H2,1H3. The summed E-state index contributed by atoms with van der Waals surface area (Å²) in [7, 11) is 1.57. The van der Waals surface area contributed by atoms with Gasteiger partial charge in [0.2, 0.25) is 11.0 Å². The minimum atomic E-state index is 0.393. The molecule has 20 heavy (non-hydrogen) atoms. The molecule has 1 fully saturated rings. The molecule has 0 aromatic carbocycles. The van der Waals surface area contributed by atoms with Crippen LogP contribution in [-0.2, 0) is 0 Å². The Morgan fingerprint density at radius 3 is 2.95 bits per heavy atom. The minimum Gasteiger partial charge on any atom is -0.480 e. The molecule has 2 aromatic heterocycles. The Balaban J connectivity index is 1.82. The topological polar surface area (TPSA) is 78.6 Å². The van der Waals surface area contributed by atoms with E-state index in [-0.39, 0.29) is 0 Å². The number of rotatable bonds is 4. The lowest BCUT2D eigenvalue weighted by atomic mass is 10.3. The molecule has 0 N–H and O–H groups in total. The van der Waals surface area contributed by atoms with Gasteiger partial charge in [-0.1, -0.05) is 12.8 Å². The van der Waals surface area contributed by atoms with Crippen LogP contribution < -0.4 is 4.74 Å². The number of aromatic nitrogens is 6. The lowest BCUT2D eigenvalue weighted by Gasteiger charge is -2.10. The summed E-state index contributed by atoms with van der Waals surface area (Å²) in [5.41, 5.74) is 0. The van der Waals surface area contributed by atoms with E-state index in [0.717, 1.165) is 22.5 Å². The Hall–Kier alpha value is -1.22. The lowest BCUT2D eigenvalue weighted by molar-refractivity contribution is 0.389. The molecule has 106 valence electrons. The van der Waals surface area contributed by atoms with Crippen molar-refractivity contribution >= 4 is 27.7 Å². The fraction of sp³-hybridized carbons (Fsp3) is 0.545. The predicted octanol–water partition coefficient (Wildman–Crippen LogP) is 2.50. The van der Waals surface area contributed by atoms with Crippen LogP contribution in [0.4, 0.5) is 0 Å². The van der Waals surface area contributed by atoms with Gasteiger partial charge >= 0.3 is 0 Å². The van der Waals surface area contributed by atoms with Gasteiger partial charge in [0.1, 0.15) is 0 Å². The first-order chi connectivity index (χ1) is 9.78. The predicted molar refractivity (Wildman–Crippen MR) is 75.7 cm³/mol. The van der Waals surface area contributed by atoms with E-state index in [1.165, 1.54) is 24.6 Å². The van der Waals surface area contributed by atoms with Gasteiger partial charge in [0.05, 0.1) is 17.6 Å². The largest absolute Gasteiger partial charge is 0.480 e. The molecule has 0 saturated heterocycles. The highest BCUT2D eigenvalue weighted by Crippen LogP contribution is 2.33. The molecule has 0 amide bonds. The van der Waals surface area contributed by atoms with E-state index in [9.17, 15) is 0 Å². The minimum absolute atomic E-state index is 0.393. The van der Waals surface area contributed by atoms with Crippen molar-refractivity contribution in [1.29, 1.82) is 0 Å². The molecule has 0 spiro atoms. The van der Waals surface area contributed by atoms with Crippen LogP contribution in [0.5, 0.6) is 5.88 Å². The highest BCUT2D eigenvalue weighted by atomic mass is 79.9. The van der Waals surface area contributed by atoms with Crippen LogP contribution in [-0.4, -0.2) is 37.3 Å². The zero-order chi connectivity index (χ0) is 13.9. The SMILES string of the molecule is COc1nc(Sc2nnnn2C2CCCC2)ncc1Br. The van der Waals surface area contributed by atoms with Gasteiger partial charge in [-0.3, -0.25) is 0 Å². The van der Waals surface area contributed by atoms with Gasteiger partial charge < -0.3 is 4.74 Å². The number of nitrogens with zero attached hydrogens (tertiary/aromatic N) is 6. The first-order valence-electron chi connectivity index (χ1n) is 6.30. The van der Waals surface area contributed by atoms with E-state index >= 15 is 0 Å². The zero-order valence-electron chi connectivity index (χ0n) is 10.9. The molecule has 1 saturated carbocycles. The zero-order valence-corrected chi connectivity index (χ0v) is 13.3. The van der Waals surface area contributed by atoms with Gasteiger partial charge in [0.25, 0.3) is 0 Å². The van der Waals surface area contributed by atoms with Crippen molar-refractivity contribution in [3.8, 4) is 5.88 Å². The van der Waals surface area contributed by atoms with Gasteiger partial charge in [-0.2, -0.15) is 4.98 Å². The van der Waals surface area contributed by atoms with E-state index in [1.807, 2.05) is 4.68 Å². The average Bonchev–Trinajstić information content (AvgIpc) is 3.11. The fourth-order valence-corrected chi connectivity index (χ4v) is 3.35. The third-order valence-electron chi connectivity index (χ3n) is 3.20. The quantitative estimate of drug-likeness (QED) is 0.778.